The van der Waals surface area contributed by atoms with Crippen LogP contribution in [0.3, 0.4) is 0 Å². The maximum Gasteiger partial charge on any atom is 0.407 e. The summed E-state index contributed by atoms with van der Waals surface area (Å²) in [5.41, 5.74) is 0. The number of hydrogen-bond donors (Lipinski definition) is 2. The molecule has 1 amide bonds. The van der Waals surface area contributed by atoms with Crippen molar-refractivity contribution >= 4 is 12.1 Å². The molecule has 1 aliphatic rings. The number of hydrogen-bond acceptors (Lipinski definition) is 3. The Kier molecular flexibility index (Phi) is 4.52. The highest BCUT2D eigenvalue weighted by Gasteiger charge is 2.33. The van der Waals surface area contributed by atoms with Gasteiger partial charge in [-0.15, -0.1) is 0 Å². The largest absolute Gasteiger partial charge is 0.480 e. The number of carbonyl (C=O) groups is 2. The van der Waals surface area contributed by atoms with Crippen LogP contribution in [0.5, 0.6) is 0 Å². The van der Waals surface area contributed by atoms with Crippen LogP contribution in [0.4, 0.5) is 9.18 Å². The van der Waals surface area contributed by atoms with Gasteiger partial charge >= 0.3 is 12.1 Å². The molecular weight excluding hydrogens is 217 g/mol. The monoisotopic (exact) mass is 233 g/mol. The molecule has 1 fully saturated rings. The molecule has 0 spiro atoms. The Balaban J connectivity index is 2.56. The van der Waals surface area contributed by atoms with E-state index in [1.54, 1.807) is 0 Å². The lowest BCUT2D eigenvalue weighted by Gasteiger charge is -2.29. The first-order valence-corrected chi connectivity index (χ1v) is 5.26. The summed E-state index contributed by atoms with van der Waals surface area (Å²) in [5, 5.41) is 11.2. The molecule has 0 radical (unpaired) electrons. The number of carbonyl (C=O) groups excluding carboxylic acids is 1. The van der Waals surface area contributed by atoms with Gasteiger partial charge in [-0.25, -0.2) is 14.0 Å². The van der Waals surface area contributed by atoms with Crippen molar-refractivity contribution < 1.29 is 23.8 Å². The summed E-state index contributed by atoms with van der Waals surface area (Å²) in [4.78, 5) is 21.9. The number of carboxylic acid groups (broad SMARTS) is 1. The summed E-state index contributed by atoms with van der Waals surface area (Å²) in [6.45, 7) is 0. The van der Waals surface area contributed by atoms with Crippen LogP contribution < -0.4 is 5.32 Å². The van der Waals surface area contributed by atoms with Crippen molar-refractivity contribution in [3.05, 3.63) is 0 Å². The van der Waals surface area contributed by atoms with E-state index in [1.807, 2.05) is 0 Å². The van der Waals surface area contributed by atoms with Crippen molar-refractivity contribution in [2.45, 2.75) is 37.9 Å². The second kappa shape index (κ2) is 5.67. The van der Waals surface area contributed by atoms with Gasteiger partial charge < -0.3 is 15.2 Å². The second-order valence-electron chi connectivity index (χ2n) is 3.96. The molecule has 0 unspecified atom stereocenters. The lowest BCUT2D eigenvalue weighted by Crippen LogP contribution is -2.47. The van der Waals surface area contributed by atoms with E-state index in [4.69, 9.17) is 5.11 Å². The maximum atomic E-state index is 12.9. The topological polar surface area (TPSA) is 75.6 Å². The van der Waals surface area contributed by atoms with E-state index < -0.39 is 24.3 Å². The van der Waals surface area contributed by atoms with Gasteiger partial charge in [-0.05, 0) is 31.6 Å². The Bertz CT molecular complexity index is 264. The van der Waals surface area contributed by atoms with E-state index in [2.05, 4.69) is 10.1 Å². The summed E-state index contributed by atoms with van der Waals surface area (Å²) < 4.78 is 17.2. The number of rotatable bonds is 3. The van der Waals surface area contributed by atoms with E-state index in [1.165, 1.54) is 7.11 Å². The lowest BCUT2D eigenvalue weighted by atomic mass is 9.83. The Morgan fingerprint density at radius 3 is 2.38 bits per heavy atom. The van der Waals surface area contributed by atoms with Gasteiger partial charge in [-0.1, -0.05) is 0 Å². The van der Waals surface area contributed by atoms with Crippen LogP contribution in [-0.2, 0) is 9.53 Å². The zero-order valence-electron chi connectivity index (χ0n) is 9.11. The Morgan fingerprint density at radius 2 is 1.94 bits per heavy atom. The van der Waals surface area contributed by atoms with Gasteiger partial charge in [0.1, 0.15) is 12.2 Å². The zero-order chi connectivity index (χ0) is 12.1. The fourth-order valence-electron chi connectivity index (χ4n) is 1.98. The number of methoxy groups -OCH3 is 1. The van der Waals surface area contributed by atoms with Gasteiger partial charge in [0, 0.05) is 0 Å². The van der Waals surface area contributed by atoms with Gasteiger partial charge in [0.15, 0.2) is 0 Å². The van der Waals surface area contributed by atoms with E-state index in [9.17, 15) is 14.0 Å². The minimum atomic E-state index is -1.10. The average Bonchev–Trinajstić information content (AvgIpc) is 2.26. The molecule has 6 heteroatoms. The quantitative estimate of drug-likeness (QED) is 0.771. The van der Waals surface area contributed by atoms with Gasteiger partial charge in [-0.3, -0.25) is 0 Å². The van der Waals surface area contributed by atoms with Crippen molar-refractivity contribution in [3.63, 3.8) is 0 Å². The first-order chi connectivity index (χ1) is 7.54. The fourth-order valence-corrected chi connectivity index (χ4v) is 1.98. The van der Waals surface area contributed by atoms with Gasteiger partial charge in [0.25, 0.3) is 0 Å². The van der Waals surface area contributed by atoms with Crippen molar-refractivity contribution in [3.8, 4) is 0 Å². The lowest BCUT2D eigenvalue weighted by molar-refractivity contribution is -0.141. The molecule has 0 aromatic carbocycles. The van der Waals surface area contributed by atoms with Crippen molar-refractivity contribution in [1.82, 2.24) is 5.32 Å². The third-order valence-corrected chi connectivity index (χ3v) is 2.90. The van der Waals surface area contributed by atoms with Gasteiger partial charge in [0.05, 0.1) is 7.11 Å². The van der Waals surface area contributed by atoms with Crippen LogP contribution in [0.15, 0.2) is 0 Å². The molecule has 92 valence electrons. The SMILES string of the molecule is COC(=O)N[C@H](C(=O)O)C1CCC(F)CC1. The molecule has 2 N–H and O–H groups in total. The van der Waals surface area contributed by atoms with Crippen LogP contribution >= 0.6 is 0 Å². The molecule has 1 aliphatic carbocycles. The Labute approximate surface area is 93.0 Å². The van der Waals surface area contributed by atoms with Gasteiger partial charge in [-0.2, -0.15) is 0 Å². The predicted octanol–water partition coefficient (Wildman–Crippen LogP) is 1.32. The summed E-state index contributed by atoms with van der Waals surface area (Å²) >= 11 is 0. The highest BCUT2D eigenvalue weighted by atomic mass is 19.1. The third kappa shape index (κ3) is 3.36. The van der Waals surface area contributed by atoms with Crippen LogP contribution in [0.25, 0.3) is 0 Å². The zero-order valence-corrected chi connectivity index (χ0v) is 9.11. The molecule has 1 rings (SSSR count). The average molecular weight is 233 g/mol. The molecule has 0 saturated heterocycles. The maximum absolute atomic E-state index is 12.9. The van der Waals surface area contributed by atoms with Gasteiger partial charge in [0.2, 0.25) is 0 Å². The van der Waals surface area contributed by atoms with Crippen molar-refractivity contribution in [2.75, 3.05) is 7.11 Å². The predicted molar refractivity (Wildman–Crippen MR) is 53.8 cm³/mol. The molecule has 0 aromatic rings. The molecule has 1 saturated carbocycles. The Hall–Kier alpha value is -1.33. The molecule has 0 aliphatic heterocycles. The molecule has 0 heterocycles. The smallest absolute Gasteiger partial charge is 0.407 e. The number of alkyl carbamates (subject to hydrolysis) is 1. The van der Waals surface area contributed by atoms with Crippen LogP contribution in [0, 0.1) is 5.92 Å². The second-order valence-corrected chi connectivity index (χ2v) is 3.96. The summed E-state index contributed by atoms with van der Waals surface area (Å²) in [6.07, 6.45) is 0.0531. The molecule has 1 atom stereocenters. The highest BCUT2D eigenvalue weighted by molar-refractivity contribution is 5.80. The van der Waals surface area contributed by atoms with Crippen molar-refractivity contribution in [1.29, 1.82) is 0 Å². The Morgan fingerprint density at radius 1 is 1.38 bits per heavy atom. The molecule has 0 bridgehead atoms. The number of nitrogens with one attached hydrogen (secondary N) is 1. The molecular formula is C10H16FNO4. The molecule has 0 aromatic heterocycles. The van der Waals surface area contributed by atoms with E-state index in [0.717, 1.165) is 0 Å². The number of halogens is 1. The number of alkyl halides is 1. The molecule has 5 nitrogen and oxygen atoms in total. The normalized spacial score (nSPS) is 26.9. The number of ether oxygens (including phenoxy) is 1. The number of carboxylic acids is 1. The van der Waals surface area contributed by atoms with E-state index in [0.29, 0.717) is 25.7 Å². The van der Waals surface area contributed by atoms with Crippen molar-refractivity contribution in [2.24, 2.45) is 5.92 Å². The van der Waals surface area contributed by atoms with Crippen LogP contribution in [0.1, 0.15) is 25.7 Å². The minimum Gasteiger partial charge on any atom is -0.480 e. The summed E-state index contributed by atoms with van der Waals surface area (Å²) in [7, 11) is 1.17. The van der Waals surface area contributed by atoms with E-state index in [-0.39, 0.29) is 5.92 Å². The summed E-state index contributed by atoms with van der Waals surface area (Å²) in [6, 6.07) is -0.986. The molecule has 16 heavy (non-hydrogen) atoms. The fraction of sp³-hybridized carbons (Fsp3) is 0.800. The number of aliphatic carboxylic acids is 1. The number of amides is 1. The third-order valence-electron chi connectivity index (χ3n) is 2.90. The highest BCUT2D eigenvalue weighted by Crippen LogP contribution is 2.28. The van der Waals surface area contributed by atoms with Crippen LogP contribution in [0.2, 0.25) is 0 Å². The first kappa shape index (κ1) is 12.7. The van der Waals surface area contributed by atoms with Crippen LogP contribution in [-0.4, -0.2) is 36.5 Å². The minimum absolute atomic E-state index is 0.219. The standard InChI is InChI=1S/C10H16FNO4/c1-16-10(15)12-8(9(13)14)6-2-4-7(11)5-3-6/h6-8H,2-5H2,1H3,(H,12,15)(H,13,14)/t6?,7?,8-/m0/s1. The summed E-state index contributed by atoms with van der Waals surface area (Å²) in [5.74, 6) is -1.32. The first-order valence-electron chi connectivity index (χ1n) is 5.26. The van der Waals surface area contributed by atoms with E-state index >= 15 is 0 Å².